The number of hydrogen-bond acceptors (Lipinski definition) is 3. The summed E-state index contributed by atoms with van der Waals surface area (Å²) in [5, 5.41) is 0.119. The van der Waals surface area contributed by atoms with E-state index in [4.69, 9.17) is 14.2 Å². The van der Waals surface area contributed by atoms with Crippen molar-refractivity contribution < 1.29 is 14.2 Å². The van der Waals surface area contributed by atoms with E-state index in [1.54, 1.807) is 0 Å². The molecule has 30 heavy (non-hydrogen) atoms. The zero-order valence-electron chi connectivity index (χ0n) is 20.4. The molecule has 0 fully saturated rings. The average molecular weight is 435 g/mol. The average Bonchev–Trinajstić information content (AvgIpc) is 2.70. The van der Waals surface area contributed by atoms with Crippen molar-refractivity contribution in [3.05, 3.63) is 48.6 Å². The van der Waals surface area contributed by atoms with Gasteiger partial charge >= 0.3 is 0 Å². The predicted molar refractivity (Wildman–Crippen MR) is 131 cm³/mol. The molecular weight excluding hydrogens is 388 g/mol. The van der Waals surface area contributed by atoms with Crippen LogP contribution in [0, 0.1) is 0 Å². The summed E-state index contributed by atoms with van der Waals surface area (Å²) < 4.78 is 12.4. The van der Waals surface area contributed by atoms with Crippen molar-refractivity contribution in [2.24, 2.45) is 0 Å². The van der Waals surface area contributed by atoms with Gasteiger partial charge in [-0.2, -0.15) is 0 Å². The fourth-order valence-corrected chi connectivity index (χ4v) is 3.63. The van der Waals surface area contributed by atoms with Crippen LogP contribution in [0.3, 0.4) is 0 Å². The highest BCUT2D eigenvalue weighted by Gasteiger charge is 2.39. The normalized spacial score (nSPS) is 14.5. The fourth-order valence-electron chi connectivity index (χ4n) is 3.00. The van der Waals surface area contributed by atoms with Crippen LogP contribution in [-0.4, -0.2) is 20.5 Å². The molecule has 0 amide bonds. The van der Waals surface area contributed by atoms with E-state index >= 15 is 0 Å². The Morgan fingerprint density at radius 1 is 1.00 bits per heavy atom. The highest BCUT2D eigenvalue weighted by Crippen LogP contribution is 2.37. The number of benzene rings is 1. The van der Waals surface area contributed by atoms with Crippen LogP contribution in [0.15, 0.2) is 43.0 Å². The molecule has 1 rings (SSSR count). The quantitative estimate of drug-likeness (QED) is 0.0862. The molecule has 1 aromatic rings. The predicted octanol–water partition coefficient (Wildman–Crippen LogP) is 8.22. The first kappa shape index (κ1) is 27.1. The summed E-state index contributed by atoms with van der Waals surface area (Å²) in [7, 11) is -1.96. The van der Waals surface area contributed by atoms with Crippen LogP contribution >= 0.6 is 0 Å². The van der Waals surface area contributed by atoms with Crippen LogP contribution in [0.5, 0.6) is 0 Å². The van der Waals surface area contributed by atoms with Gasteiger partial charge in [-0.1, -0.05) is 96.2 Å². The monoisotopic (exact) mass is 434 g/mol. The van der Waals surface area contributed by atoms with Gasteiger partial charge in [-0.05, 0) is 36.5 Å². The summed E-state index contributed by atoms with van der Waals surface area (Å²) in [6.07, 6.45) is 11.1. The van der Waals surface area contributed by atoms with E-state index in [9.17, 15) is 0 Å². The number of ether oxygens (including phenoxy) is 1. The van der Waals surface area contributed by atoms with Crippen LogP contribution < -0.4 is 0 Å². The summed E-state index contributed by atoms with van der Waals surface area (Å²) in [5.41, 5.74) is 1.21. The van der Waals surface area contributed by atoms with Crippen molar-refractivity contribution in [2.45, 2.75) is 116 Å². The van der Waals surface area contributed by atoms with Crippen LogP contribution in [0.1, 0.15) is 84.6 Å². The number of rotatable bonds is 16. The molecule has 1 aromatic carbocycles. The van der Waals surface area contributed by atoms with Gasteiger partial charge in [0, 0.05) is 6.42 Å². The fraction of sp³-hybridized carbons (Fsp3) is 0.692. The molecule has 0 spiro atoms. The molecule has 2 unspecified atom stereocenters. The van der Waals surface area contributed by atoms with Gasteiger partial charge in [-0.15, -0.1) is 6.58 Å². The summed E-state index contributed by atoms with van der Waals surface area (Å²) in [6.45, 7) is 17.9. The molecule has 0 heterocycles. The Morgan fingerprint density at radius 2 is 1.67 bits per heavy atom. The van der Waals surface area contributed by atoms with Crippen molar-refractivity contribution in [1.82, 2.24) is 0 Å². The van der Waals surface area contributed by atoms with Crippen molar-refractivity contribution in [2.75, 3.05) is 0 Å². The van der Waals surface area contributed by atoms with Crippen LogP contribution in [0.2, 0.25) is 18.1 Å². The van der Waals surface area contributed by atoms with E-state index < -0.39 is 8.32 Å². The van der Waals surface area contributed by atoms with Gasteiger partial charge in [0.15, 0.2) is 0 Å². The maximum absolute atomic E-state index is 6.35. The summed E-state index contributed by atoms with van der Waals surface area (Å²) in [5.74, 6) is 0. The van der Waals surface area contributed by atoms with E-state index in [1.807, 2.05) is 12.1 Å². The molecule has 0 aliphatic heterocycles. The SMILES string of the molecule is C=CCC(CC(CCCCCCC)OCc1ccccc1)OO[Si](C)(C)C(C)(C)C. The summed E-state index contributed by atoms with van der Waals surface area (Å²) in [4.78, 5) is 6.01. The first-order valence-corrected chi connectivity index (χ1v) is 14.7. The van der Waals surface area contributed by atoms with Crippen molar-refractivity contribution in [3.63, 3.8) is 0 Å². The lowest BCUT2D eigenvalue weighted by Crippen LogP contribution is -2.42. The maximum atomic E-state index is 6.35. The molecule has 4 heteroatoms. The second kappa shape index (κ2) is 14.2. The van der Waals surface area contributed by atoms with Gasteiger partial charge in [0.2, 0.25) is 8.32 Å². The summed E-state index contributed by atoms with van der Waals surface area (Å²) >= 11 is 0. The topological polar surface area (TPSA) is 27.7 Å². The first-order chi connectivity index (χ1) is 14.2. The molecule has 172 valence electrons. The second-order valence-electron chi connectivity index (χ2n) is 9.94. The number of unbranched alkanes of at least 4 members (excludes halogenated alkanes) is 4. The Hall–Kier alpha value is -0.943. The van der Waals surface area contributed by atoms with Crippen LogP contribution in [-0.2, 0) is 20.8 Å². The molecule has 0 saturated heterocycles. The molecule has 0 saturated carbocycles. The van der Waals surface area contributed by atoms with Crippen LogP contribution in [0.25, 0.3) is 0 Å². The molecule has 0 N–H and O–H groups in total. The largest absolute Gasteiger partial charge is 0.373 e. The Morgan fingerprint density at radius 3 is 2.27 bits per heavy atom. The second-order valence-corrected chi connectivity index (χ2v) is 14.6. The molecule has 0 aliphatic carbocycles. The summed E-state index contributed by atoms with van der Waals surface area (Å²) in [6, 6.07) is 10.4. The molecule has 2 atom stereocenters. The Kier molecular flexibility index (Phi) is 12.8. The van der Waals surface area contributed by atoms with Crippen LogP contribution in [0.4, 0.5) is 0 Å². The lowest BCUT2D eigenvalue weighted by molar-refractivity contribution is -0.263. The third kappa shape index (κ3) is 10.9. The van der Waals surface area contributed by atoms with E-state index in [2.05, 4.69) is 71.6 Å². The third-order valence-corrected chi connectivity index (χ3v) is 10.2. The number of hydrogen-bond donors (Lipinski definition) is 0. The van der Waals surface area contributed by atoms with Gasteiger partial charge in [-0.3, -0.25) is 4.58 Å². The Labute approximate surface area is 187 Å². The van der Waals surface area contributed by atoms with Gasteiger partial charge in [-0.25, -0.2) is 4.89 Å². The standard InChI is InChI=1S/C26H46O3Si/c1-8-10-11-12-16-20-24(27-22-23-18-14-13-15-19-23)21-25(17-9-2)28-29-30(6,7)26(3,4)5/h9,13-15,18-19,24-25H,2,8,10-12,16-17,20-22H2,1,3-7H3. The van der Waals surface area contributed by atoms with E-state index in [-0.39, 0.29) is 17.2 Å². The van der Waals surface area contributed by atoms with E-state index in [0.29, 0.717) is 6.61 Å². The molecule has 0 aliphatic rings. The van der Waals surface area contributed by atoms with Crippen molar-refractivity contribution in [3.8, 4) is 0 Å². The molecule has 0 radical (unpaired) electrons. The minimum Gasteiger partial charge on any atom is -0.373 e. The van der Waals surface area contributed by atoms with Gasteiger partial charge in [0.25, 0.3) is 0 Å². The smallest absolute Gasteiger partial charge is 0.238 e. The zero-order valence-corrected chi connectivity index (χ0v) is 21.4. The first-order valence-electron chi connectivity index (χ1n) is 11.8. The van der Waals surface area contributed by atoms with Crippen molar-refractivity contribution in [1.29, 1.82) is 0 Å². The van der Waals surface area contributed by atoms with Gasteiger partial charge in [0.05, 0.1) is 18.8 Å². The Bertz CT molecular complexity index is 565. The zero-order chi connectivity index (χ0) is 22.5. The molecular formula is C26H46O3Si. The highest BCUT2D eigenvalue weighted by molar-refractivity contribution is 6.73. The van der Waals surface area contributed by atoms with Gasteiger partial charge in [0.1, 0.15) is 0 Å². The highest BCUT2D eigenvalue weighted by atomic mass is 28.4. The minimum absolute atomic E-state index is 0.0203. The lowest BCUT2D eigenvalue weighted by atomic mass is 10.0. The minimum atomic E-state index is -1.96. The third-order valence-electron chi connectivity index (χ3n) is 6.11. The van der Waals surface area contributed by atoms with Gasteiger partial charge < -0.3 is 4.74 Å². The maximum Gasteiger partial charge on any atom is 0.238 e. The molecule has 0 aromatic heterocycles. The molecule has 0 bridgehead atoms. The van der Waals surface area contributed by atoms with E-state index in [0.717, 1.165) is 19.3 Å². The van der Waals surface area contributed by atoms with Crippen molar-refractivity contribution >= 4 is 8.32 Å². The van der Waals surface area contributed by atoms with E-state index in [1.165, 1.54) is 37.7 Å². The Balaban J connectivity index is 2.68. The lowest BCUT2D eigenvalue weighted by Gasteiger charge is -2.36. The molecule has 3 nitrogen and oxygen atoms in total.